The fourth-order valence-electron chi connectivity index (χ4n) is 1.69. The van der Waals surface area contributed by atoms with E-state index in [4.69, 9.17) is 5.26 Å². The van der Waals surface area contributed by atoms with E-state index >= 15 is 0 Å². The average Bonchev–Trinajstić information content (AvgIpc) is 2.52. The van der Waals surface area contributed by atoms with Gasteiger partial charge in [0.1, 0.15) is 0 Å². The second-order valence-corrected chi connectivity index (χ2v) is 4.59. The lowest BCUT2D eigenvalue weighted by molar-refractivity contribution is 0.944. The highest BCUT2D eigenvalue weighted by molar-refractivity contribution is 5.43. The number of nitrogens with zero attached hydrogens (tertiary/aromatic N) is 5. The number of anilines is 3. The molecule has 0 spiro atoms. The molecule has 0 saturated carbocycles. The highest BCUT2D eigenvalue weighted by Gasteiger charge is 2.07. The summed E-state index contributed by atoms with van der Waals surface area (Å²) in [5.74, 6) is 1.56. The number of nitrogens with one attached hydrogen (secondary N) is 2. The minimum Gasteiger partial charge on any atom is -0.357 e. The van der Waals surface area contributed by atoms with Crippen molar-refractivity contribution in [2.45, 2.75) is 6.54 Å². The summed E-state index contributed by atoms with van der Waals surface area (Å²) in [5.41, 5.74) is 1.63. The van der Waals surface area contributed by atoms with Crippen molar-refractivity contribution >= 4 is 17.8 Å². The third-order valence-corrected chi connectivity index (χ3v) is 2.75. The molecule has 0 fully saturated rings. The van der Waals surface area contributed by atoms with Crippen molar-refractivity contribution in [2.75, 3.05) is 36.7 Å². The molecule has 7 nitrogen and oxygen atoms in total. The molecule has 0 saturated heterocycles. The number of rotatable bonds is 5. The molecular weight excluding hydrogens is 266 g/mol. The summed E-state index contributed by atoms with van der Waals surface area (Å²) >= 11 is 0. The summed E-state index contributed by atoms with van der Waals surface area (Å²) < 4.78 is 0. The van der Waals surface area contributed by atoms with Crippen LogP contribution >= 0.6 is 0 Å². The van der Waals surface area contributed by atoms with Gasteiger partial charge in [-0.15, -0.1) is 0 Å². The Morgan fingerprint density at radius 2 is 1.95 bits per heavy atom. The van der Waals surface area contributed by atoms with Gasteiger partial charge >= 0.3 is 0 Å². The van der Waals surface area contributed by atoms with E-state index in [1.54, 1.807) is 13.1 Å². The molecule has 21 heavy (non-hydrogen) atoms. The van der Waals surface area contributed by atoms with E-state index in [1.165, 1.54) is 0 Å². The SMILES string of the molecule is CNc1nc(NCc2cccc(C#N)c2)nc(N(C)C)n1. The minimum atomic E-state index is 0.486. The summed E-state index contributed by atoms with van der Waals surface area (Å²) in [7, 11) is 5.50. The predicted molar refractivity (Wildman–Crippen MR) is 82.2 cm³/mol. The highest BCUT2D eigenvalue weighted by Crippen LogP contribution is 2.12. The van der Waals surface area contributed by atoms with Gasteiger partial charge in [0, 0.05) is 27.7 Å². The lowest BCUT2D eigenvalue weighted by Crippen LogP contribution is -2.16. The Morgan fingerprint density at radius 3 is 2.62 bits per heavy atom. The Hall–Kier alpha value is -2.88. The number of nitriles is 1. The van der Waals surface area contributed by atoms with Crippen LogP contribution in [0, 0.1) is 11.3 Å². The average molecular weight is 283 g/mol. The third-order valence-electron chi connectivity index (χ3n) is 2.75. The maximum atomic E-state index is 8.90. The van der Waals surface area contributed by atoms with Gasteiger partial charge in [-0.1, -0.05) is 12.1 Å². The lowest BCUT2D eigenvalue weighted by Gasteiger charge is -2.13. The highest BCUT2D eigenvalue weighted by atomic mass is 15.3. The van der Waals surface area contributed by atoms with Crippen molar-refractivity contribution in [3.05, 3.63) is 35.4 Å². The molecule has 0 aliphatic carbocycles. The maximum Gasteiger partial charge on any atom is 0.231 e. The van der Waals surface area contributed by atoms with Gasteiger partial charge in [0.25, 0.3) is 0 Å². The summed E-state index contributed by atoms with van der Waals surface area (Å²) in [6.45, 7) is 0.537. The Bertz CT molecular complexity index is 661. The Kier molecular flexibility index (Phi) is 4.51. The number of benzene rings is 1. The van der Waals surface area contributed by atoms with E-state index in [2.05, 4.69) is 31.7 Å². The van der Waals surface area contributed by atoms with Crippen molar-refractivity contribution < 1.29 is 0 Å². The van der Waals surface area contributed by atoms with Crippen LogP contribution in [0.25, 0.3) is 0 Å². The van der Waals surface area contributed by atoms with Crippen LogP contribution in [0.1, 0.15) is 11.1 Å². The molecule has 2 aromatic rings. The Labute approximate surface area is 123 Å². The van der Waals surface area contributed by atoms with Crippen molar-refractivity contribution in [3.63, 3.8) is 0 Å². The van der Waals surface area contributed by atoms with Crippen LogP contribution in [-0.4, -0.2) is 36.1 Å². The topological polar surface area (TPSA) is 89.8 Å². The second-order valence-electron chi connectivity index (χ2n) is 4.59. The first kappa shape index (κ1) is 14.5. The van der Waals surface area contributed by atoms with Crippen LogP contribution < -0.4 is 15.5 Å². The molecule has 0 aliphatic heterocycles. The van der Waals surface area contributed by atoms with Gasteiger partial charge in [-0.05, 0) is 17.7 Å². The zero-order chi connectivity index (χ0) is 15.2. The molecule has 0 radical (unpaired) electrons. The van der Waals surface area contributed by atoms with Crippen LogP contribution in [0.3, 0.4) is 0 Å². The van der Waals surface area contributed by atoms with Gasteiger partial charge in [-0.2, -0.15) is 20.2 Å². The molecule has 0 unspecified atom stereocenters. The monoisotopic (exact) mass is 283 g/mol. The summed E-state index contributed by atoms with van der Waals surface area (Å²) in [6, 6.07) is 9.53. The largest absolute Gasteiger partial charge is 0.357 e. The smallest absolute Gasteiger partial charge is 0.231 e. The van der Waals surface area contributed by atoms with Crippen LogP contribution in [-0.2, 0) is 6.54 Å². The van der Waals surface area contributed by atoms with Crippen LogP contribution in [0.2, 0.25) is 0 Å². The number of hydrogen-bond donors (Lipinski definition) is 2. The van der Waals surface area contributed by atoms with Crippen LogP contribution in [0.15, 0.2) is 24.3 Å². The number of hydrogen-bond acceptors (Lipinski definition) is 7. The van der Waals surface area contributed by atoms with E-state index < -0.39 is 0 Å². The summed E-state index contributed by atoms with van der Waals surface area (Å²) in [5, 5.41) is 14.9. The Morgan fingerprint density at radius 1 is 1.19 bits per heavy atom. The van der Waals surface area contributed by atoms with E-state index in [-0.39, 0.29) is 0 Å². The molecule has 0 amide bonds. The minimum absolute atomic E-state index is 0.486. The molecule has 2 N–H and O–H groups in total. The molecule has 2 rings (SSSR count). The molecule has 1 heterocycles. The first-order valence-corrected chi connectivity index (χ1v) is 6.46. The molecular formula is C14H17N7. The van der Waals surface area contributed by atoms with Gasteiger partial charge in [0.15, 0.2) is 0 Å². The molecule has 0 bridgehead atoms. The van der Waals surface area contributed by atoms with Gasteiger partial charge < -0.3 is 15.5 Å². The Balaban J connectivity index is 2.15. The maximum absolute atomic E-state index is 8.90. The second kappa shape index (κ2) is 6.52. The normalized spacial score (nSPS) is 9.81. The molecule has 1 aromatic heterocycles. The van der Waals surface area contributed by atoms with E-state index in [0.717, 1.165) is 5.56 Å². The molecule has 0 aliphatic rings. The number of aromatic nitrogens is 3. The van der Waals surface area contributed by atoms with Gasteiger partial charge in [-0.3, -0.25) is 0 Å². The molecule has 7 heteroatoms. The van der Waals surface area contributed by atoms with E-state index in [9.17, 15) is 0 Å². The first-order valence-electron chi connectivity index (χ1n) is 6.46. The zero-order valence-electron chi connectivity index (χ0n) is 12.3. The first-order chi connectivity index (χ1) is 10.1. The van der Waals surface area contributed by atoms with Crippen molar-refractivity contribution in [1.29, 1.82) is 5.26 Å². The standard InChI is InChI=1S/C14H17N7/c1-16-12-18-13(20-14(19-12)21(2)3)17-9-11-6-4-5-10(7-11)8-15/h4-7H,9H2,1-3H3,(H2,16,17,18,19,20). The van der Waals surface area contributed by atoms with Crippen LogP contribution in [0.4, 0.5) is 17.8 Å². The van der Waals surface area contributed by atoms with Crippen molar-refractivity contribution in [3.8, 4) is 6.07 Å². The van der Waals surface area contributed by atoms with Crippen molar-refractivity contribution in [2.24, 2.45) is 0 Å². The van der Waals surface area contributed by atoms with Crippen molar-refractivity contribution in [1.82, 2.24) is 15.0 Å². The quantitative estimate of drug-likeness (QED) is 0.858. The fraction of sp³-hybridized carbons (Fsp3) is 0.286. The summed E-state index contributed by atoms with van der Waals surface area (Å²) in [4.78, 5) is 14.6. The third kappa shape index (κ3) is 3.79. The zero-order valence-corrected chi connectivity index (χ0v) is 12.3. The fourth-order valence-corrected chi connectivity index (χ4v) is 1.69. The van der Waals surface area contributed by atoms with Gasteiger partial charge in [-0.25, -0.2) is 0 Å². The molecule has 1 aromatic carbocycles. The van der Waals surface area contributed by atoms with E-state index in [1.807, 2.05) is 37.2 Å². The van der Waals surface area contributed by atoms with Gasteiger partial charge in [0.05, 0.1) is 11.6 Å². The molecule has 0 atom stereocenters. The lowest BCUT2D eigenvalue weighted by atomic mass is 10.1. The predicted octanol–water partition coefficient (Wildman–Crippen LogP) is 1.46. The summed E-state index contributed by atoms with van der Waals surface area (Å²) in [6.07, 6.45) is 0. The van der Waals surface area contributed by atoms with Gasteiger partial charge in [0.2, 0.25) is 17.8 Å². The van der Waals surface area contributed by atoms with Crippen LogP contribution in [0.5, 0.6) is 0 Å². The molecule has 108 valence electrons. The van der Waals surface area contributed by atoms with E-state index in [0.29, 0.717) is 30.0 Å².